The van der Waals surface area contributed by atoms with E-state index >= 15 is 0 Å². The maximum Gasteiger partial charge on any atom is 0.298 e. The molecule has 0 aromatic heterocycles. The minimum atomic E-state index is -0.358. The van der Waals surface area contributed by atoms with Gasteiger partial charge >= 0.3 is 0 Å². The zero-order valence-corrected chi connectivity index (χ0v) is 12.6. The number of carbonyl (C=O) groups excluding carboxylic acids is 2. The van der Waals surface area contributed by atoms with Crippen LogP contribution < -0.4 is 4.90 Å². The molecule has 110 valence electrons. The van der Waals surface area contributed by atoms with E-state index < -0.39 is 0 Å². The van der Waals surface area contributed by atoms with Crippen molar-refractivity contribution >= 4 is 34.7 Å². The van der Waals surface area contributed by atoms with Gasteiger partial charge in [-0.25, -0.2) is 9.29 Å². The molecule has 0 unspecified atom stereocenters. The van der Waals surface area contributed by atoms with Gasteiger partial charge in [-0.3, -0.25) is 9.59 Å². The molecule has 0 aliphatic carbocycles. The van der Waals surface area contributed by atoms with Crippen molar-refractivity contribution in [2.45, 2.75) is 6.92 Å². The standard InChI is InChI=1S/C17H12FNO2S/c1-11-2-8-14(9-3-11)19-16(20)15(22-17(19)21)10-12-4-6-13(18)7-5-12/h2-10H,1H3. The van der Waals surface area contributed by atoms with E-state index in [-0.39, 0.29) is 17.0 Å². The van der Waals surface area contributed by atoms with Crippen molar-refractivity contribution in [3.05, 3.63) is 70.4 Å². The van der Waals surface area contributed by atoms with Crippen molar-refractivity contribution in [1.82, 2.24) is 0 Å². The monoisotopic (exact) mass is 313 g/mol. The van der Waals surface area contributed by atoms with E-state index in [0.717, 1.165) is 22.2 Å². The number of thioether (sulfide) groups is 1. The summed E-state index contributed by atoms with van der Waals surface area (Å²) in [7, 11) is 0. The SMILES string of the molecule is Cc1ccc(N2C(=O)SC(=Cc3ccc(F)cc3)C2=O)cc1. The summed E-state index contributed by atoms with van der Waals surface area (Å²) in [4.78, 5) is 26.0. The predicted octanol–water partition coefficient (Wildman–Crippen LogP) is 4.38. The molecular formula is C17H12FNO2S. The summed E-state index contributed by atoms with van der Waals surface area (Å²) in [5, 5.41) is -0.331. The quantitative estimate of drug-likeness (QED) is 0.772. The molecule has 0 radical (unpaired) electrons. The first-order valence-corrected chi connectivity index (χ1v) is 7.46. The molecule has 0 N–H and O–H groups in total. The van der Waals surface area contributed by atoms with E-state index in [1.807, 2.05) is 19.1 Å². The van der Waals surface area contributed by atoms with Gasteiger partial charge in [-0.15, -0.1) is 0 Å². The normalized spacial score (nSPS) is 16.6. The largest absolute Gasteiger partial charge is 0.298 e. The summed E-state index contributed by atoms with van der Waals surface area (Å²) in [6.45, 7) is 1.94. The Labute approximate surface area is 131 Å². The van der Waals surface area contributed by atoms with Crippen LogP contribution in [0.4, 0.5) is 14.9 Å². The maximum absolute atomic E-state index is 12.9. The van der Waals surface area contributed by atoms with Crippen LogP contribution in [0.3, 0.4) is 0 Å². The van der Waals surface area contributed by atoms with Crippen LogP contribution in [0.15, 0.2) is 53.4 Å². The number of aryl methyl sites for hydroxylation is 1. The Bertz CT molecular complexity index is 766. The minimum Gasteiger partial charge on any atom is -0.268 e. The number of amides is 2. The highest BCUT2D eigenvalue weighted by Gasteiger charge is 2.36. The molecule has 1 aliphatic heterocycles. The van der Waals surface area contributed by atoms with Gasteiger partial charge in [0.1, 0.15) is 5.82 Å². The molecule has 2 amide bonds. The zero-order valence-electron chi connectivity index (χ0n) is 11.7. The molecule has 1 saturated heterocycles. The Hall–Kier alpha value is -2.40. The minimum absolute atomic E-state index is 0.331. The fraction of sp³-hybridized carbons (Fsp3) is 0.0588. The molecule has 3 nitrogen and oxygen atoms in total. The van der Waals surface area contributed by atoms with Crippen LogP contribution in [-0.4, -0.2) is 11.1 Å². The van der Waals surface area contributed by atoms with Crippen LogP contribution in [0.5, 0.6) is 0 Å². The van der Waals surface area contributed by atoms with Gasteiger partial charge in [-0.2, -0.15) is 0 Å². The Balaban J connectivity index is 1.91. The highest BCUT2D eigenvalue weighted by molar-refractivity contribution is 8.19. The molecule has 0 spiro atoms. The third-order valence-corrected chi connectivity index (χ3v) is 4.12. The topological polar surface area (TPSA) is 37.4 Å². The third kappa shape index (κ3) is 2.80. The van der Waals surface area contributed by atoms with E-state index in [1.54, 1.807) is 30.3 Å². The number of benzene rings is 2. The van der Waals surface area contributed by atoms with Crippen molar-refractivity contribution in [3.63, 3.8) is 0 Å². The van der Waals surface area contributed by atoms with Crippen LogP contribution >= 0.6 is 11.8 Å². The highest BCUT2D eigenvalue weighted by atomic mass is 32.2. The summed E-state index contributed by atoms with van der Waals surface area (Å²) in [6, 6.07) is 12.9. The molecule has 0 atom stereocenters. The first-order chi connectivity index (χ1) is 10.5. The lowest BCUT2D eigenvalue weighted by molar-refractivity contribution is -0.113. The van der Waals surface area contributed by atoms with Crippen molar-refractivity contribution in [3.8, 4) is 0 Å². The van der Waals surface area contributed by atoms with E-state index in [0.29, 0.717) is 16.2 Å². The lowest BCUT2D eigenvalue weighted by atomic mass is 10.2. The third-order valence-electron chi connectivity index (χ3n) is 3.25. The summed E-state index contributed by atoms with van der Waals surface area (Å²) >= 11 is 0.885. The summed E-state index contributed by atoms with van der Waals surface area (Å²) in [6.07, 6.45) is 1.60. The molecule has 5 heteroatoms. The highest BCUT2D eigenvalue weighted by Crippen LogP contribution is 2.35. The maximum atomic E-state index is 12.9. The first kappa shape index (κ1) is 14.5. The fourth-order valence-corrected chi connectivity index (χ4v) is 2.94. The number of hydrogen-bond donors (Lipinski definition) is 0. The van der Waals surface area contributed by atoms with Gasteiger partial charge < -0.3 is 0 Å². The molecule has 2 aromatic rings. The second-order valence-electron chi connectivity index (χ2n) is 4.90. The van der Waals surface area contributed by atoms with Crippen LogP contribution in [0.2, 0.25) is 0 Å². The van der Waals surface area contributed by atoms with Crippen molar-refractivity contribution in [2.24, 2.45) is 0 Å². The Morgan fingerprint density at radius 3 is 2.27 bits per heavy atom. The van der Waals surface area contributed by atoms with E-state index in [4.69, 9.17) is 0 Å². The average molecular weight is 313 g/mol. The molecule has 2 aromatic carbocycles. The van der Waals surface area contributed by atoms with Crippen LogP contribution in [0, 0.1) is 12.7 Å². The van der Waals surface area contributed by atoms with Crippen LogP contribution in [0.1, 0.15) is 11.1 Å². The second kappa shape index (κ2) is 5.77. The lowest BCUT2D eigenvalue weighted by Crippen LogP contribution is -2.27. The smallest absolute Gasteiger partial charge is 0.268 e. The molecule has 0 saturated carbocycles. The van der Waals surface area contributed by atoms with E-state index in [2.05, 4.69) is 0 Å². The Kier molecular flexibility index (Phi) is 3.81. The van der Waals surface area contributed by atoms with Crippen molar-refractivity contribution < 1.29 is 14.0 Å². The summed E-state index contributed by atoms with van der Waals surface area (Å²) in [5.74, 6) is -0.701. The molecule has 1 heterocycles. The van der Waals surface area contributed by atoms with Crippen molar-refractivity contribution in [2.75, 3.05) is 4.90 Å². The molecule has 22 heavy (non-hydrogen) atoms. The number of halogens is 1. The van der Waals surface area contributed by atoms with Gasteiger partial charge in [-0.05, 0) is 54.6 Å². The fourth-order valence-electron chi connectivity index (χ4n) is 2.09. The Morgan fingerprint density at radius 2 is 1.64 bits per heavy atom. The van der Waals surface area contributed by atoms with Gasteiger partial charge in [-0.1, -0.05) is 29.8 Å². The number of carbonyl (C=O) groups is 2. The Morgan fingerprint density at radius 1 is 1.00 bits per heavy atom. The molecule has 1 aliphatic rings. The van der Waals surface area contributed by atoms with Gasteiger partial charge in [0.2, 0.25) is 0 Å². The first-order valence-electron chi connectivity index (χ1n) is 6.65. The number of anilines is 1. The average Bonchev–Trinajstić information content (AvgIpc) is 2.77. The number of nitrogens with zero attached hydrogens (tertiary/aromatic N) is 1. The zero-order chi connectivity index (χ0) is 15.7. The molecule has 0 bridgehead atoms. The van der Waals surface area contributed by atoms with Gasteiger partial charge in [0, 0.05) is 0 Å². The number of hydrogen-bond acceptors (Lipinski definition) is 3. The van der Waals surface area contributed by atoms with Crippen LogP contribution in [-0.2, 0) is 4.79 Å². The molecule has 3 rings (SSSR count). The van der Waals surface area contributed by atoms with Gasteiger partial charge in [0.15, 0.2) is 0 Å². The van der Waals surface area contributed by atoms with E-state index in [1.165, 1.54) is 12.1 Å². The molecule has 1 fully saturated rings. The number of rotatable bonds is 2. The second-order valence-corrected chi connectivity index (χ2v) is 5.90. The summed E-state index contributed by atoms with van der Waals surface area (Å²) < 4.78 is 12.9. The number of imide groups is 1. The van der Waals surface area contributed by atoms with Gasteiger partial charge in [0.25, 0.3) is 11.1 Å². The lowest BCUT2D eigenvalue weighted by Gasteiger charge is -2.12. The van der Waals surface area contributed by atoms with E-state index in [9.17, 15) is 14.0 Å². The summed E-state index contributed by atoms with van der Waals surface area (Å²) in [5.41, 5.74) is 2.28. The van der Waals surface area contributed by atoms with Crippen LogP contribution in [0.25, 0.3) is 6.08 Å². The predicted molar refractivity (Wildman–Crippen MR) is 86.0 cm³/mol. The van der Waals surface area contributed by atoms with Gasteiger partial charge in [0.05, 0.1) is 10.6 Å². The molecular weight excluding hydrogens is 301 g/mol. The van der Waals surface area contributed by atoms with Crippen molar-refractivity contribution in [1.29, 1.82) is 0 Å².